The first kappa shape index (κ1) is 12.9. The highest BCUT2D eigenvalue weighted by atomic mass is 127. The van der Waals surface area contributed by atoms with Gasteiger partial charge in [0.25, 0.3) is 0 Å². The van der Waals surface area contributed by atoms with Crippen molar-refractivity contribution in [3.8, 4) is 0 Å². The summed E-state index contributed by atoms with van der Waals surface area (Å²) in [5.41, 5.74) is 8.11. The lowest BCUT2D eigenvalue weighted by molar-refractivity contribution is 0.853. The number of aromatic nitrogens is 2. The minimum absolute atomic E-state index is 0.587. The number of anilines is 1. The zero-order valence-corrected chi connectivity index (χ0v) is 13.5. The predicted octanol–water partition coefficient (Wildman–Crippen LogP) is 3.90. The molecule has 0 saturated heterocycles. The number of thiophene rings is 1. The molecule has 2 heterocycles. The molecule has 0 aliphatic carbocycles. The van der Waals surface area contributed by atoms with Gasteiger partial charge in [-0.1, -0.05) is 6.92 Å². The van der Waals surface area contributed by atoms with E-state index in [1.807, 2.05) is 11.3 Å². The second-order valence-electron chi connectivity index (χ2n) is 4.41. The smallest absolute Gasteiger partial charge is 0.201 e. The number of benzene rings is 1. The molecule has 0 saturated carbocycles. The minimum Gasteiger partial charge on any atom is -0.369 e. The van der Waals surface area contributed by atoms with Crippen molar-refractivity contribution in [1.82, 2.24) is 9.55 Å². The van der Waals surface area contributed by atoms with Crippen LogP contribution in [0.3, 0.4) is 0 Å². The molecule has 3 aromatic rings. The Bertz CT molecular complexity index is 729. The van der Waals surface area contributed by atoms with Crippen molar-refractivity contribution >= 4 is 50.9 Å². The zero-order chi connectivity index (χ0) is 13.4. The van der Waals surface area contributed by atoms with E-state index < -0.39 is 0 Å². The number of imidazole rings is 1. The van der Waals surface area contributed by atoms with Crippen LogP contribution in [-0.4, -0.2) is 9.55 Å². The molecule has 3 nitrogen and oxygen atoms in total. The third-order valence-electron chi connectivity index (χ3n) is 3.12. The summed E-state index contributed by atoms with van der Waals surface area (Å²) in [5.74, 6) is 0.587. The summed E-state index contributed by atoms with van der Waals surface area (Å²) >= 11 is 4.14. The normalized spacial score (nSPS) is 11.3. The molecule has 0 spiro atoms. The van der Waals surface area contributed by atoms with Gasteiger partial charge in [0.1, 0.15) is 0 Å². The fourth-order valence-electron chi connectivity index (χ4n) is 2.14. The Kier molecular flexibility index (Phi) is 3.49. The predicted molar refractivity (Wildman–Crippen MR) is 89.7 cm³/mol. The summed E-state index contributed by atoms with van der Waals surface area (Å²) in [6.45, 7) is 2.98. The average Bonchev–Trinajstić information content (AvgIpc) is 2.95. The van der Waals surface area contributed by atoms with E-state index in [2.05, 4.69) is 69.4 Å². The van der Waals surface area contributed by atoms with Crippen molar-refractivity contribution < 1.29 is 0 Å². The van der Waals surface area contributed by atoms with Gasteiger partial charge in [-0.25, -0.2) is 4.98 Å². The molecule has 1 aromatic carbocycles. The molecule has 0 radical (unpaired) electrons. The summed E-state index contributed by atoms with van der Waals surface area (Å²) in [6.07, 6.45) is 1.09. The molecule has 0 aliphatic rings. The largest absolute Gasteiger partial charge is 0.369 e. The van der Waals surface area contributed by atoms with Gasteiger partial charge >= 0.3 is 0 Å². The molecule has 5 heteroatoms. The Balaban J connectivity index is 2.02. The van der Waals surface area contributed by atoms with Crippen LogP contribution in [0.2, 0.25) is 0 Å². The first-order chi connectivity index (χ1) is 9.17. The quantitative estimate of drug-likeness (QED) is 0.698. The maximum Gasteiger partial charge on any atom is 0.201 e. The Hall–Kier alpha value is -1.08. The number of fused-ring (bicyclic) bond motifs is 1. The fourth-order valence-corrected chi connectivity index (χ4v) is 3.56. The van der Waals surface area contributed by atoms with E-state index >= 15 is 0 Å². The van der Waals surface area contributed by atoms with Gasteiger partial charge in [0, 0.05) is 13.3 Å². The molecule has 0 unspecified atom stereocenters. The van der Waals surface area contributed by atoms with Crippen LogP contribution < -0.4 is 5.73 Å². The SMILES string of the molecule is CCc1ccc(Cn2c(N)nc3cc(I)ccc32)s1. The highest BCUT2D eigenvalue weighted by molar-refractivity contribution is 14.1. The number of nitrogen functional groups attached to an aromatic ring is 1. The molecular weight excluding hydrogens is 369 g/mol. The Morgan fingerprint density at radius 1 is 1.26 bits per heavy atom. The van der Waals surface area contributed by atoms with Crippen molar-refractivity contribution in [3.63, 3.8) is 0 Å². The molecule has 2 N–H and O–H groups in total. The number of nitrogens with zero attached hydrogens (tertiary/aromatic N) is 2. The van der Waals surface area contributed by atoms with E-state index in [0.29, 0.717) is 5.95 Å². The van der Waals surface area contributed by atoms with Gasteiger partial charge in [0.05, 0.1) is 17.6 Å². The van der Waals surface area contributed by atoms with E-state index in [1.165, 1.54) is 13.3 Å². The Morgan fingerprint density at radius 2 is 2.05 bits per heavy atom. The van der Waals surface area contributed by atoms with Crippen LogP contribution in [0.1, 0.15) is 16.7 Å². The zero-order valence-electron chi connectivity index (χ0n) is 10.6. The van der Waals surface area contributed by atoms with Crippen LogP contribution in [-0.2, 0) is 13.0 Å². The summed E-state index contributed by atoms with van der Waals surface area (Å²) in [6, 6.07) is 10.6. The lowest BCUT2D eigenvalue weighted by atomic mass is 10.3. The second-order valence-corrected chi connectivity index (χ2v) is 6.91. The molecule has 0 atom stereocenters. The van der Waals surface area contributed by atoms with Crippen molar-refractivity contribution in [2.45, 2.75) is 19.9 Å². The molecule has 0 aliphatic heterocycles. The Labute approximate surface area is 129 Å². The topological polar surface area (TPSA) is 43.8 Å². The highest BCUT2D eigenvalue weighted by Gasteiger charge is 2.09. The third kappa shape index (κ3) is 2.49. The number of hydrogen-bond acceptors (Lipinski definition) is 3. The van der Waals surface area contributed by atoms with Crippen molar-refractivity contribution in [3.05, 3.63) is 43.7 Å². The van der Waals surface area contributed by atoms with E-state index in [4.69, 9.17) is 5.73 Å². The summed E-state index contributed by atoms with van der Waals surface area (Å²) in [4.78, 5) is 7.17. The molecule has 0 bridgehead atoms. The first-order valence-electron chi connectivity index (χ1n) is 6.16. The van der Waals surface area contributed by atoms with E-state index in [1.54, 1.807) is 0 Å². The maximum absolute atomic E-state index is 6.04. The molecule has 98 valence electrons. The number of aryl methyl sites for hydroxylation is 1. The van der Waals surface area contributed by atoms with Crippen LogP contribution in [0, 0.1) is 3.57 Å². The lowest BCUT2D eigenvalue weighted by Crippen LogP contribution is -2.03. The van der Waals surface area contributed by atoms with Crippen molar-refractivity contribution in [1.29, 1.82) is 0 Å². The summed E-state index contributed by atoms with van der Waals surface area (Å²) in [7, 11) is 0. The molecule has 2 aromatic heterocycles. The van der Waals surface area contributed by atoms with Crippen LogP contribution in [0.25, 0.3) is 11.0 Å². The summed E-state index contributed by atoms with van der Waals surface area (Å²) in [5, 5.41) is 0. The monoisotopic (exact) mass is 383 g/mol. The molecular formula is C14H14IN3S. The van der Waals surface area contributed by atoms with Crippen LogP contribution in [0.4, 0.5) is 5.95 Å². The number of hydrogen-bond donors (Lipinski definition) is 1. The molecule has 19 heavy (non-hydrogen) atoms. The number of nitrogens with two attached hydrogens (primary N) is 1. The minimum atomic E-state index is 0.587. The van der Waals surface area contributed by atoms with Crippen LogP contribution >= 0.6 is 33.9 Å². The summed E-state index contributed by atoms with van der Waals surface area (Å²) < 4.78 is 3.26. The van der Waals surface area contributed by atoms with E-state index in [0.717, 1.165) is 24.0 Å². The second kappa shape index (κ2) is 5.13. The van der Waals surface area contributed by atoms with Gasteiger partial charge in [-0.05, 0) is 59.3 Å². The van der Waals surface area contributed by atoms with Gasteiger partial charge in [-0.2, -0.15) is 0 Å². The lowest BCUT2D eigenvalue weighted by Gasteiger charge is -2.04. The highest BCUT2D eigenvalue weighted by Crippen LogP contribution is 2.24. The Morgan fingerprint density at radius 3 is 2.79 bits per heavy atom. The number of rotatable bonds is 3. The molecule has 0 amide bonds. The fraction of sp³-hybridized carbons (Fsp3) is 0.214. The standard InChI is InChI=1S/C14H14IN3S/c1-2-10-4-5-11(19-10)8-18-13-6-3-9(15)7-12(13)17-14(18)16/h3-7H,2,8H2,1H3,(H2,16,17). The van der Waals surface area contributed by atoms with Gasteiger partial charge in [0.2, 0.25) is 5.95 Å². The van der Waals surface area contributed by atoms with Gasteiger partial charge in [-0.3, -0.25) is 0 Å². The number of halogens is 1. The van der Waals surface area contributed by atoms with Crippen molar-refractivity contribution in [2.75, 3.05) is 5.73 Å². The van der Waals surface area contributed by atoms with Crippen LogP contribution in [0.5, 0.6) is 0 Å². The third-order valence-corrected chi connectivity index (χ3v) is 5.00. The van der Waals surface area contributed by atoms with Gasteiger partial charge in [-0.15, -0.1) is 11.3 Å². The van der Waals surface area contributed by atoms with Crippen LogP contribution in [0.15, 0.2) is 30.3 Å². The molecule has 0 fully saturated rings. The maximum atomic E-state index is 6.04. The van der Waals surface area contributed by atoms with Gasteiger partial charge < -0.3 is 10.3 Å². The first-order valence-corrected chi connectivity index (χ1v) is 8.05. The van der Waals surface area contributed by atoms with E-state index in [-0.39, 0.29) is 0 Å². The van der Waals surface area contributed by atoms with E-state index in [9.17, 15) is 0 Å². The average molecular weight is 383 g/mol. The van der Waals surface area contributed by atoms with Gasteiger partial charge in [0.15, 0.2) is 0 Å². The molecule has 3 rings (SSSR count). The van der Waals surface area contributed by atoms with Crippen molar-refractivity contribution in [2.24, 2.45) is 0 Å².